The molecular weight excluding hydrogens is 295 g/mol. The third-order valence-electron chi connectivity index (χ3n) is 2.45. The van der Waals surface area contributed by atoms with E-state index in [1.165, 1.54) is 0 Å². The van der Waals surface area contributed by atoms with Crippen LogP contribution in [0, 0.1) is 0 Å². The van der Waals surface area contributed by atoms with E-state index in [0.29, 0.717) is 13.2 Å². The SMILES string of the molecule is C=CC(=O)OC(C)COP(=O)(OCCCC)OCCCC. The summed E-state index contributed by atoms with van der Waals surface area (Å²) < 4.78 is 33.1. The Bertz CT molecular complexity index is 330. The van der Waals surface area contributed by atoms with Gasteiger partial charge in [0.1, 0.15) is 6.10 Å². The molecule has 0 aromatic carbocycles. The lowest BCUT2D eigenvalue weighted by Gasteiger charge is -2.20. The second-order valence-electron chi connectivity index (χ2n) is 4.57. The Morgan fingerprint density at radius 1 is 1.14 bits per heavy atom. The average molecular weight is 322 g/mol. The minimum Gasteiger partial charge on any atom is -0.457 e. The van der Waals surface area contributed by atoms with Crippen molar-refractivity contribution in [3.63, 3.8) is 0 Å². The van der Waals surface area contributed by atoms with Crippen molar-refractivity contribution in [2.45, 2.75) is 52.6 Å². The number of phosphoric ester groups is 1. The van der Waals surface area contributed by atoms with Gasteiger partial charge < -0.3 is 4.74 Å². The third-order valence-corrected chi connectivity index (χ3v) is 3.91. The molecule has 21 heavy (non-hydrogen) atoms. The van der Waals surface area contributed by atoms with Gasteiger partial charge in [-0.1, -0.05) is 33.3 Å². The molecule has 0 rings (SSSR count). The maximum atomic E-state index is 12.4. The normalized spacial score (nSPS) is 12.9. The summed E-state index contributed by atoms with van der Waals surface area (Å²) in [5.41, 5.74) is 0. The van der Waals surface area contributed by atoms with Crippen molar-refractivity contribution in [2.24, 2.45) is 0 Å². The van der Waals surface area contributed by atoms with E-state index in [4.69, 9.17) is 18.3 Å². The fourth-order valence-corrected chi connectivity index (χ4v) is 2.55. The highest BCUT2D eigenvalue weighted by Gasteiger charge is 2.27. The number of carbonyl (C=O) groups excluding carboxylic acids is 1. The molecule has 6 nitrogen and oxygen atoms in total. The Balaban J connectivity index is 4.33. The molecule has 0 aliphatic heterocycles. The summed E-state index contributed by atoms with van der Waals surface area (Å²) in [6, 6.07) is 0. The summed E-state index contributed by atoms with van der Waals surface area (Å²) in [5.74, 6) is -0.556. The topological polar surface area (TPSA) is 71.1 Å². The van der Waals surface area contributed by atoms with Crippen LogP contribution in [0.25, 0.3) is 0 Å². The molecule has 0 fully saturated rings. The van der Waals surface area contributed by atoms with Crippen LogP contribution in [0.4, 0.5) is 0 Å². The van der Waals surface area contributed by atoms with E-state index in [1.54, 1.807) is 6.92 Å². The second kappa shape index (κ2) is 11.9. The highest BCUT2D eigenvalue weighted by Crippen LogP contribution is 2.49. The highest BCUT2D eigenvalue weighted by molar-refractivity contribution is 7.48. The molecule has 0 spiro atoms. The molecule has 0 bridgehead atoms. The summed E-state index contributed by atoms with van der Waals surface area (Å²) in [6.45, 7) is 9.49. The fourth-order valence-electron chi connectivity index (χ4n) is 1.23. The first-order valence-corrected chi connectivity index (χ1v) is 8.80. The molecule has 0 heterocycles. The largest absolute Gasteiger partial charge is 0.474 e. The van der Waals surface area contributed by atoms with Gasteiger partial charge in [-0.2, -0.15) is 0 Å². The Morgan fingerprint density at radius 2 is 1.67 bits per heavy atom. The first-order valence-electron chi connectivity index (χ1n) is 7.34. The molecular formula is C14H27O6P. The monoisotopic (exact) mass is 322 g/mol. The van der Waals surface area contributed by atoms with E-state index in [0.717, 1.165) is 31.8 Å². The van der Waals surface area contributed by atoms with Gasteiger partial charge in [-0.25, -0.2) is 9.36 Å². The second-order valence-corrected chi connectivity index (χ2v) is 6.24. The van der Waals surface area contributed by atoms with E-state index in [-0.39, 0.29) is 6.61 Å². The highest BCUT2D eigenvalue weighted by atomic mass is 31.2. The van der Waals surface area contributed by atoms with Crippen molar-refractivity contribution < 1.29 is 27.7 Å². The quantitative estimate of drug-likeness (QED) is 0.222. The Hall–Kier alpha value is -0.680. The van der Waals surface area contributed by atoms with Gasteiger partial charge in [0, 0.05) is 6.08 Å². The van der Waals surface area contributed by atoms with Gasteiger partial charge >= 0.3 is 13.8 Å². The zero-order valence-electron chi connectivity index (χ0n) is 13.2. The van der Waals surface area contributed by atoms with Crippen molar-refractivity contribution in [2.75, 3.05) is 19.8 Å². The zero-order chi connectivity index (χ0) is 16.1. The smallest absolute Gasteiger partial charge is 0.457 e. The van der Waals surface area contributed by atoms with Gasteiger partial charge in [0.05, 0.1) is 19.8 Å². The predicted molar refractivity (Wildman–Crippen MR) is 81.0 cm³/mol. The van der Waals surface area contributed by atoms with E-state index in [2.05, 4.69) is 6.58 Å². The van der Waals surface area contributed by atoms with Gasteiger partial charge in [-0.15, -0.1) is 0 Å². The van der Waals surface area contributed by atoms with Gasteiger partial charge in [-0.3, -0.25) is 13.6 Å². The summed E-state index contributed by atoms with van der Waals surface area (Å²) in [5, 5.41) is 0. The molecule has 0 aliphatic rings. The molecule has 124 valence electrons. The molecule has 0 N–H and O–H groups in total. The summed E-state index contributed by atoms with van der Waals surface area (Å²) in [6.07, 6.45) is 3.88. The van der Waals surface area contributed by atoms with E-state index in [9.17, 15) is 9.36 Å². The van der Waals surface area contributed by atoms with Crippen LogP contribution in [-0.4, -0.2) is 31.9 Å². The van der Waals surface area contributed by atoms with Crippen molar-refractivity contribution in [3.05, 3.63) is 12.7 Å². The van der Waals surface area contributed by atoms with Gasteiger partial charge in [0.15, 0.2) is 0 Å². The number of carbonyl (C=O) groups is 1. The summed E-state index contributed by atoms with van der Waals surface area (Å²) in [7, 11) is -3.60. The Labute approximate surface area is 127 Å². The molecule has 0 aromatic rings. The van der Waals surface area contributed by atoms with Crippen LogP contribution in [0.2, 0.25) is 0 Å². The first-order chi connectivity index (χ1) is 9.97. The van der Waals surface area contributed by atoms with Gasteiger partial charge in [-0.05, 0) is 19.8 Å². The molecule has 7 heteroatoms. The van der Waals surface area contributed by atoms with Crippen LogP contribution in [0.1, 0.15) is 46.5 Å². The Morgan fingerprint density at radius 3 is 2.10 bits per heavy atom. The number of rotatable bonds is 13. The van der Waals surface area contributed by atoms with Crippen LogP contribution >= 0.6 is 7.82 Å². The maximum absolute atomic E-state index is 12.4. The van der Waals surface area contributed by atoms with Gasteiger partial charge in [0.25, 0.3) is 0 Å². The van der Waals surface area contributed by atoms with Crippen molar-refractivity contribution >= 4 is 13.8 Å². The van der Waals surface area contributed by atoms with Crippen molar-refractivity contribution in [1.29, 1.82) is 0 Å². The van der Waals surface area contributed by atoms with Crippen LogP contribution in [0.15, 0.2) is 12.7 Å². The minimum absolute atomic E-state index is 0.0604. The van der Waals surface area contributed by atoms with Crippen molar-refractivity contribution in [1.82, 2.24) is 0 Å². The molecule has 0 saturated heterocycles. The van der Waals surface area contributed by atoms with E-state index in [1.807, 2.05) is 13.8 Å². The fraction of sp³-hybridized carbons (Fsp3) is 0.786. The number of phosphoric acid groups is 1. The van der Waals surface area contributed by atoms with Gasteiger partial charge in [0.2, 0.25) is 0 Å². The van der Waals surface area contributed by atoms with Crippen LogP contribution in [-0.2, 0) is 27.7 Å². The maximum Gasteiger partial charge on any atom is 0.474 e. The molecule has 0 aromatic heterocycles. The van der Waals surface area contributed by atoms with Crippen LogP contribution in [0.5, 0.6) is 0 Å². The summed E-state index contributed by atoms with van der Waals surface area (Å²) >= 11 is 0. The molecule has 0 radical (unpaired) electrons. The predicted octanol–water partition coefficient (Wildman–Crippen LogP) is 3.86. The molecule has 0 amide bonds. The minimum atomic E-state index is -3.60. The molecule has 0 aliphatic carbocycles. The lowest BCUT2D eigenvalue weighted by molar-refractivity contribution is -0.143. The number of hydrogen-bond acceptors (Lipinski definition) is 6. The number of esters is 1. The number of hydrogen-bond donors (Lipinski definition) is 0. The molecule has 1 unspecified atom stereocenters. The van der Waals surface area contributed by atoms with E-state index < -0.39 is 19.9 Å². The zero-order valence-corrected chi connectivity index (χ0v) is 14.1. The molecule has 1 atom stereocenters. The molecule has 0 saturated carbocycles. The van der Waals surface area contributed by atoms with Crippen molar-refractivity contribution in [3.8, 4) is 0 Å². The number of unbranched alkanes of at least 4 members (excludes halogenated alkanes) is 2. The standard InChI is InChI=1S/C14H27O6P/c1-5-8-10-17-21(16,18-11-9-6-2)19-12-13(4)20-14(15)7-3/h7,13H,3,5-6,8-12H2,1-2,4H3. The van der Waals surface area contributed by atoms with Crippen LogP contribution in [0.3, 0.4) is 0 Å². The summed E-state index contributed by atoms with van der Waals surface area (Å²) in [4.78, 5) is 11.0. The van der Waals surface area contributed by atoms with Crippen LogP contribution < -0.4 is 0 Å². The lowest BCUT2D eigenvalue weighted by Crippen LogP contribution is -2.19. The first kappa shape index (κ1) is 20.3. The Kier molecular flexibility index (Phi) is 11.5. The third kappa shape index (κ3) is 10.7. The van der Waals surface area contributed by atoms with E-state index >= 15 is 0 Å². The number of ether oxygens (including phenoxy) is 1. The lowest BCUT2D eigenvalue weighted by atomic mass is 10.4. The average Bonchev–Trinajstić information content (AvgIpc) is 2.46.